The minimum absolute atomic E-state index is 0.405. The molecule has 0 aliphatic carbocycles. The third-order valence-electron chi connectivity index (χ3n) is 4.81. The summed E-state index contributed by atoms with van der Waals surface area (Å²) < 4.78 is 4.71. The molecule has 1 aromatic rings. The summed E-state index contributed by atoms with van der Waals surface area (Å²) in [5.74, 6) is 0.405. The molecule has 1 atom stereocenters. The van der Waals surface area contributed by atoms with E-state index in [0.717, 1.165) is 18.6 Å². The van der Waals surface area contributed by atoms with Crippen LogP contribution in [0, 0.1) is 0 Å². The lowest BCUT2D eigenvalue weighted by molar-refractivity contribution is 0.423. The van der Waals surface area contributed by atoms with E-state index in [1.54, 1.807) is 6.07 Å². The molecule has 1 aliphatic heterocycles. The Bertz CT molecular complexity index is 489. The van der Waals surface area contributed by atoms with E-state index in [0.29, 0.717) is 11.9 Å². The zero-order valence-electron chi connectivity index (χ0n) is 17.3. The van der Waals surface area contributed by atoms with Crippen molar-refractivity contribution in [1.82, 2.24) is 0 Å². The number of unbranched alkanes of at least 4 members (excludes halogenated alkanes) is 9. The summed E-state index contributed by atoms with van der Waals surface area (Å²) in [4.78, 5) is 0. The van der Waals surface area contributed by atoms with E-state index in [9.17, 15) is 5.11 Å². The van der Waals surface area contributed by atoms with Crippen LogP contribution in [-0.2, 0) is 11.2 Å². The lowest BCUT2D eigenvalue weighted by atomic mass is 9.99. The van der Waals surface area contributed by atoms with Crippen molar-refractivity contribution in [2.45, 2.75) is 97.5 Å². The van der Waals surface area contributed by atoms with Crippen molar-refractivity contribution in [2.24, 2.45) is 0 Å². The topological polar surface area (TPSA) is 32.8 Å². The SMILES string of the molecule is CC1CO1.CC=Cc1c(O)cccc1CCCCCCCCCCCC. The van der Waals surface area contributed by atoms with E-state index in [2.05, 4.69) is 19.9 Å². The van der Waals surface area contributed by atoms with Crippen LogP contribution < -0.4 is 0 Å². The third-order valence-corrected chi connectivity index (χ3v) is 4.81. The average Bonchev–Trinajstić information content (AvgIpc) is 3.42. The van der Waals surface area contributed by atoms with E-state index in [-0.39, 0.29) is 0 Å². The van der Waals surface area contributed by atoms with Gasteiger partial charge in [-0.25, -0.2) is 0 Å². The number of ether oxygens (including phenoxy) is 1. The van der Waals surface area contributed by atoms with Crippen molar-refractivity contribution in [3.8, 4) is 5.75 Å². The van der Waals surface area contributed by atoms with Crippen LogP contribution in [0.15, 0.2) is 24.3 Å². The number of hydrogen-bond acceptors (Lipinski definition) is 2. The molecular formula is C24H40O2. The molecule has 2 rings (SSSR count). The Balaban J connectivity index is 0.000000739. The van der Waals surface area contributed by atoms with Crippen molar-refractivity contribution in [1.29, 1.82) is 0 Å². The van der Waals surface area contributed by atoms with E-state index < -0.39 is 0 Å². The molecule has 1 unspecified atom stereocenters. The summed E-state index contributed by atoms with van der Waals surface area (Å²) in [6.45, 7) is 7.31. The van der Waals surface area contributed by atoms with Gasteiger partial charge in [-0.05, 0) is 38.3 Å². The minimum atomic E-state index is 0.405. The molecule has 0 saturated carbocycles. The number of aryl methyl sites for hydroxylation is 1. The normalized spacial score (nSPS) is 15.7. The summed E-state index contributed by atoms with van der Waals surface area (Å²) in [5, 5.41) is 9.93. The Kier molecular flexibility index (Phi) is 13.0. The van der Waals surface area contributed by atoms with Gasteiger partial charge in [-0.2, -0.15) is 0 Å². The van der Waals surface area contributed by atoms with Gasteiger partial charge < -0.3 is 9.84 Å². The summed E-state index contributed by atoms with van der Waals surface area (Å²) >= 11 is 0. The van der Waals surface area contributed by atoms with Gasteiger partial charge in [0.1, 0.15) is 5.75 Å². The van der Waals surface area contributed by atoms with Crippen LogP contribution in [-0.4, -0.2) is 17.8 Å². The van der Waals surface area contributed by atoms with E-state index >= 15 is 0 Å². The highest BCUT2D eigenvalue weighted by Crippen LogP contribution is 2.24. The number of hydrogen-bond donors (Lipinski definition) is 1. The number of phenols is 1. The minimum Gasteiger partial charge on any atom is -0.507 e. The molecular weight excluding hydrogens is 320 g/mol. The predicted molar refractivity (Wildman–Crippen MR) is 114 cm³/mol. The largest absolute Gasteiger partial charge is 0.507 e. The highest BCUT2D eigenvalue weighted by Gasteiger charge is 2.13. The molecule has 0 spiro atoms. The quantitative estimate of drug-likeness (QED) is 0.313. The lowest BCUT2D eigenvalue weighted by Gasteiger charge is -2.08. The summed E-state index contributed by atoms with van der Waals surface area (Å²) in [6.07, 6.45) is 19.3. The number of phenolic OH excluding ortho intramolecular Hbond substituents is 1. The van der Waals surface area contributed by atoms with E-state index in [1.165, 1.54) is 69.8 Å². The van der Waals surface area contributed by atoms with Gasteiger partial charge in [-0.1, -0.05) is 89.0 Å². The van der Waals surface area contributed by atoms with E-state index in [1.807, 2.05) is 25.1 Å². The molecule has 2 nitrogen and oxygen atoms in total. The second-order valence-corrected chi connectivity index (χ2v) is 7.43. The van der Waals surface area contributed by atoms with Crippen molar-refractivity contribution < 1.29 is 9.84 Å². The Morgan fingerprint density at radius 2 is 1.54 bits per heavy atom. The van der Waals surface area contributed by atoms with Crippen LogP contribution in [0.3, 0.4) is 0 Å². The third kappa shape index (κ3) is 11.4. The maximum Gasteiger partial charge on any atom is 0.123 e. The van der Waals surface area contributed by atoms with Gasteiger partial charge in [-0.3, -0.25) is 0 Å². The number of rotatable bonds is 12. The molecule has 1 aliphatic rings. The second-order valence-electron chi connectivity index (χ2n) is 7.43. The summed E-state index contributed by atoms with van der Waals surface area (Å²) in [6, 6.07) is 5.87. The highest BCUT2D eigenvalue weighted by atomic mass is 16.6. The Morgan fingerprint density at radius 1 is 1.00 bits per heavy atom. The molecule has 1 fully saturated rings. The smallest absolute Gasteiger partial charge is 0.123 e. The molecule has 1 aromatic carbocycles. The summed E-state index contributed by atoms with van der Waals surface area (Å²) in [7, 11) is 0. The Morgan fingerprint density at radius 3 is 2.04 bits per heavy atom. The van der Waals surface area contributed by atoms with Crippen molar-refractivity contribution in [3.05, 3.63) is 35.4 Å². The first kappa shape index (κ1) is 22.8. The van der Waals surface area contributed by atoms with Gasteiger partial charge in [-0.15, -0.1) is 0 Å². The van der Waals surface area contributed by atoms with Crippen molar-refractivity contribution >= 4 is 6.08 Å². The lowest BCUT2D eigenvalue weighted by Crippen LogP contribution is -1.91. The number of benzene rings is 1. The molecule has 0 bridgehead atoms. The van der Waals surface area contributed by atoms with Crippen LogP contribution in [0.5, 0.6) is 5.75 Å². The Labute approximate surface area is 161 Å². The Hall–Kier alpha value is -1.28. The zero-order chi connectivity index (χ0) is 19.0. The fourth-order valence-electron chi connectivity index (χ4n) is 3.08. The van der Waals surface area contributed by atoms with Crippen LogP contribution >= 0.6 is 0 Å². The first-order chi connectivity index (χ1) is 12.7. The van der Waals surface area contributed by atoms with Crippen molar-refractivity contribution in [2.75, 3.05) is 6.61 Å². The second kappa shape index (κ2) is 14.8. The predicted octanol–water partition coefficient (Wildman–Crippen LogP) is 7.29. The molecule has 148 valence electrons. The standard InChI is InChI=1S/C21H34O.C3H6O/c1-3-5-6-7-8-9-10-11-12-13-16-19-17-14-18-21(22)20(19)15-4-2;1-3-2-4-3/h4,14-15,17-18,22H,3,5-13,16H2,1-2H3;3H,2H2,1H3. The molecule has 1 saturated heterocycles. The summed E-state index contributed by atoms with van der Waals surface area (Å²) in [5.41, 5.74) is 2.28. The van der Waals surface area contributed by atoms with Crippen LogP contribution in [0.25, 0.3) is 6.08 Å². The van der Waals surface area contributed by atoms with Gasteiger partial charge in [0.15, 0.2) is 0 Å². The van der Waals surface area contributed by atoms with Crippen LogP contribution in [0.4, 0.5) is 0 Å². The van der Waals surface area contributed by atoms with Gasteiger partial charge in [0.25, 0.3) is 0 Å². The first-order valence-electron chi connectivity index (χ1n) is 10.7. The van der Waals surface area contributed by atoms with E-state index in [4.69, 9.17) is 4.74 Å². The average molecular weight is 361 g/mol. The fraction of sp³-hybridized carbons (Fsp3) is 0.667. The maximum atomic E-state index is 9.93. The first-order valence-corrected chi connectivity index (χ1v) is 10.7. The molecule has 0 radical (unpaired) electrons. The molecule has 1 N–H and O–H groups in total. The van der Waals surface area contributed by atoms with Gasteiger partial charge in [0, 0.05) is 5.56 Å². The molecule has 1 heterocycles. The fourth-order valence-corrected chi connectivity index (χ4v) is 3.08. The maximum absolute atomic E-state index is 9.93. The monoisotopic (exact) mass is 360 g/mol. The van der Waals surface area contributed by atoms with Gasteiger partial charge in [0.2, 0.25) is 0 Å². The molecule has 26 heavy (non-hydrogen) atoms. The zero-order valence-corrected chi connectivity index (χ0v) is 17.3. The number of epoxide rings is 1. The van der Waals surface area contributed by atoms with Gasteiger partial charge in [0.05, 0.1) is 12.7 Å². The molecule has 0 amide bonds. The van der Waals surface area contributed by atoms with Crippen molar-refractivity contribution in [3.63, 3.8) is 0 Å². The number of allylic oxidation sites excluding steroid dienone is 1. The number of aromatic hydroxyl groups is 1. The van der Waals surface area contributed by atoms with Gasteiger partial charge >= 0.3 is 0 Å². The molecule has 0 aromatic heterocycles. The van der Waals surface area contributed by atoms with Crippen LogP contribution in [0.2, 0.25) is 0 Å². The highest BCUT2D eigenvalue weighted by molar-refractivity contribution is 5.60. The van der Waals surface area contributed by atoms with Crippen LogP contribution in [0.1, 0.15) is 96.1 Å². The molecule has 2 heteroatoms.